The van der Waals surface area contributed by atoms with Crippen LogP contribution in [0.5, 0.6) is 0 Å². The van der Waals surface area contributed by atoms with Crippen LogP contribution < -0.4 is 5.32 Å². The number of carbonyl (C=O) groups excluding carboxylic acids is 1. The van der Waals surface area contributed by atoms with Crippen molar-refractivity contribution in [3.8, 4) is 0 Å². The highest BCUT2D eigenvalue weighted by Gasteiger charge is 2.38. The summed E-state index contributed by atoms with van der Waals surface area (Å²) in [4.78, 5) is 19.6. The molecule has 0 fully saturated rings. The lowest BCUT2D eigenvalue weighted by Gasteiger charge is -2.12. The van der Waals surface area contributed by atoms with Crippen molar-refractivity contribution < 1.29 is 26.4 Å². The lowest BCUT2D eigenvalue weighted by Crippen LogP contribution is -2.22. The van der Waals surface area contributed by atoms with E-state index in [-0.39, 0.29) is 28.9 Å². The normalized spacial score (nSPS) is 12.5. The number of rotatable bonds is 6. The number of benzene rings is 1. The molecule has 1 amide bonds. The maximum absolute atomic E-state index is 13.5. The highest BCUT2D eigenvalue weighted by molar-refractivity contribution is 7.89. The molecule has 31 heavy (non-hydrogen) atoms. The highest BCUT2D eigenvalue weighted by atomic mass is 32.2. The molecular weight excluding hydrogens is 435 g/mol. The van der Waals surface area contributed by atoms with E-state index in [9.17, 15) is 26.4 Å². The third-order valence-electron chi connectivity index (χ3n) is 4.49. The maximum atomic E-state index is 13.5. The SMILES string of the molecule is Cc1ccc(NC(=O)CCn2c(C(F)(F)F)nc3cc(S(=O)(=O)N(C)C)ccc32)nc1. The van der Waals surface area contributed by atoms with Crippen LogP contribution in [0.3, 0.4) is 0 Å². The maximum Gasteiger partial charge on any atom is 0.449 e. The van der Waals surface area contributed by atoms with Gasteiger partial charge in [0.25, 0.3) is 0 Å². The number of hydrogen-bond acceptors (Lipinski definition) is 5. The van der Waals surface area contributed by atoms with Gasteiger partial charge in [-0.15, -0.1) is 0 Å². The molecule has 12 heteroatoms. The number of halogens is 3. The standard InChI is InChI=1S/C19H20F3N5O3S/c1-12-4-7-16(23-11-12)25-17(28)8-9-27-15-6-5-13(31(29,30)26(2)3)10-14(15)24-18(27)19(20,21)22/h4-7,10-11H,8-9H2,1-3H3,(H,23,25,28). The number of anilines is 1. The zero-order valence-corrected chi connectivity index (χ0v) is 17.8. The van der Waals surface area contributed by atoms with E-state index in [1.165, 1.54) is 26.2 Å². The minimum absolute atomic E-state index is 0.0753. The quantitative estimate of drug-likeness (QED) is 0.616. The summed E-state index contributed by atoms with van der Waals surface area (Å²) in [6.07, 6.45) is -3.49. The van der Waals surface area contributed by atoms with Gasteiger partial charge in [-0.2, -0.15) is 13.2 Å². The highest BCUT2D eigenvalue weighted by Crippen LogP contribution is 2.32. The van der Waals surface area contributed by atoms with Crippen molar-refractivity contribution in [1.82, 2.24) is 18.8 Å². The predicted molar refractivity (Wildman–Crippen MR) is 108 cm³/mol. The molecule has 2 aromatic heterocycles. The molecule has 1 aromatic carbocycles. The van der Waals surface area contributed by atoms with Crippen LogP contribution in [0.4, 0.5) is 19.0 Å². The average molecular weight is 455 g/mol. The van der Waals surface area contributed by atoms with Crippen LogP contribution in [0.25, 0.3) is 11.0 Å². The molecule has 0 aliphatic carbocycles. The van der Waals surface area contributed by atoms with E-state index in [1.54, 1.807) is 18.3 Å². The number of fused-ring (bicyclic) bond motifs is 1. The van der Waals surface area contributed by atoms with Gasteiger partial charge in [-0.3, -0.25) is 4.79 Å². The van der Waals surface area contributed by atoms with Gasteiger partial charge >= 0.3 is 6.18 Å². The largest absolute Gasteiger partial charge is 0.449 e. The first-order chi connectivity index (χ1) is 14.4. The monoisotopic (exact) mass is 455 g/mol. The van der Waals surface area contributed by atoms with Crippen molar-refractivity contribution in [2.24, 2.45) is 0 Å². The number of imidazole rings is 1. The van der Waals surface area contributed by atoms with Gasteiger partial charge in [-0.05, 0) is 36.8 Å². The zero-order valence-electron chi connectivity index (χ0n) is 16.9. The van der Waals surface area contributed by atoms with Crippen LogP contribution in [0.15, 0.2) is 41.4 Å². The van der Waals surface area contributed by atoms with Gasteiger partial charge in [-0.25, -0.2) is 22.7 Å². The molecule has 166 valence electrons. The topological polar surface area (TPSA) is 97.2 Å². The fraction of sp³-hybridized carbons (Fsp3) is 0.316. The molecule has 2 heterocycles. The van der Waals surface area contributed by atoms with Crippen molar-refractivity contribution in [2.75, 3.05) is 19.4 Å². The second-order valence-electron chi connectivity index (χ2n) is 7.04. The molecule has 3 rings (SSSR count). The first-order valence-corrected chi connectivity index (χ1v) is 10.6. The Bertz CT molecular complexity index is 1220. The lowest BCUT2D eigenvalue weighted by atomic mass is 10.3. The Morgan fingerprint density at radius 3 is 2.48 bits per heavy atom. The predicted octanol–water partition coefficient (Wildman–Crippen LogP) is 3.04. The van der Waals surface area contributed by atoms with Crippen molar-refractivity contribution in [2.45, 2.75) is 31.0 Å². The van der Waals surface area contributed by atoms with Gasteiger partial charge in [0.05, 0.1) is 15.9 Å². The number of carbonyl (C=O) groups is 1. The number of hydrogen-bond donors (Lipinski definition) is 1. The van der Waals surface area contributed by atoms with E-state index >= 15 is 0 Å². The molecule has 0 aliphatic rings. The van der Waals surface area contributed by atoms with Crippen LogP contribution in [0, 0.1) is 6.92 Å². The van der Waals surface area contributed by atoms with Crippen LogP contribution in [-0.4, -0.2) is 47.3 Å². The van der Waals surface area contributed by atoms with E-state index in [0.717, 1.165) is 20.5 Å². The molecule has 0 aliphatic heterocycles. The summed E-state index contributed by atoms with van der Waals surface area (Å²) < 4.78 is 67.0. The van der Waals surface area contributed by atoms with Crippen LogP contribution in [-0.2, 0) is 27.5 Å². The Morgan fingerprint density at radius 2 is 1.90 bits per heavy atom. The van der Waals surface area contributed by atoms with Crippen molar-refractivity contribution >= 4 is 32.8 Å². The minimum atomic E-state index is -4.78. The fourth-order valence-electron chi connectivity index (χ4n) is 2.88. The molecule has 0 saturated carbocycles. The molecule has 0 atom stereocenters. The number of alkyl halides is 3. The zero-order chi connectivity index (χ0) is 23.0. The third-order valence-corrected chi connectivity index (χ3v) is 6.30. The van der Waals surface area contributed by atoms with Gasteiger partial charge in [0.2, 0.25) is 21.8 Å². The molecule has 0 saturated heterocycles. The Hall–Kier alpha value is -2.99. The van der Waals surface area contributed by atoms with E-state index in [0.29, 0.717) is 5.82 Å². The second kappa shape index (κ2) is 8.27. The van der Waals surface area contributed by atoms with Gasteiger partial charge in [0.15, 0.2) is 0 Å². The van der Waals surface area contributed by atoms with Crippen LogP contribution >= 0.6 is 0 Å². The number of amides is 1. The summed E-state index contributed by atoms with van der Waals surface area (Å²) in [7, 11) is -1.20. The molecule has 0 spiro atoms. The molecule has 8 nitrogen and oxygen atoms in total. The van der Waals surface area contributed by atoms with Crippen molar-refractivity contribution in [3.05, 3.63) is 47.9 Å². The Kier molecular flexibility index (Phi) is 6.05. The minimum Gasteiger partial charge on any atom is -0.320 e. The van der Waals surface area contributed by atoms with Crippen LogP contribution in [0.1, 0.15) is 17.8 Å². The smallest absolute Gasteiger partial charge is 0.320 e. The summed E-state index contributed by atoms with van der Waals surface area (Å²) in [5, 5.41) is 2.53. The van der Waals surface area contributed by atoms with Gasteiger partial charge in [0, 0.05) is 33.3 Å². The first kappa shape index (κ1) is 22.7. The molecule has 1 N–H and O–H groups in total. The number of nitrogens with zero attached hydrogens (tertiary/aromatic N) is 4. The Morgan fingerprint density at radius 1 is 1.19 bits per heavy atom. The number of nitrogens with one attached hydrogen (secondary N) is 1. The van der Waals surface area contributed by atoms with E-state index in [4.69, 9.17) is 0 Å². The third kappa shape index (κ3) is 4.85. The number of sulfonamides is 1. The summed E-state index contributed by atoms with van der Waals surface area (Å²) in [5.74, 6) is -1.43. The van der Waals surface area contributed by atoms with Crippen molar-refractivity contribution in [3.63, 3.8) is 0 Å². The second-order valence-corrected chi connectivity index (χ2v) is 9.19. The summed E-state index contributed by atoms with van der Waals surface area (Å²) in [5.41, 5.74) is 0.843. The average Bonchev–Trinajstić information content (AvgIpc) is 3.06. The van der Waals surface area contributed by atoms with Crippen LogP contribution in [0.2, 0.25) is 0 Å². The molecular formula is C19H20F3N5O3S. The number of aromatic nitrogens is 3. The van der Waals surface area contributed by atoms with E-state index in [1.807, 2.05) is 6.92 Å². The summed E-state index contributed by atoms with van der Waals surface area (Å²) in [6.45, 7) is 1.53. The Balaban J connectivity index is 1.91. The van der Waals surface area contributed by atoms with Gasteiger partial charge in [0.1, 0.15) is 5.82 Å². The van der Waals surface area contributed by atoms with Crippen molar-refractivity contribution in [1.29, 1.82) is 0 Å². The summed E-state index contributed by atoms with van der Waals surface area (Å²) >= 11 is 0. The lowest BCUT2D eigenvalue weighted by molar-refractivity contribution is -0.147. The molecule has 3 aromatic rings. The summed E-state index contributed by atoms with van der Waals surface area (Å²) in [6, 6.07) is 6.90. The van der Waals surface area contributed by atoms with Gasteiger partial charge in [-0.1, -0.05) is 6.07 Å². The number of aryl methyl sites for hydroxylation is 2. The molecule has 0 unspecified atom stereocenters. The molecule has 0 bridgehead atoms. The Labute approximate surface area is 176 Å². The number of pyridine rings is 1. The molecule has 0 radical (unpaired) electrons. The fourth-order valence-corrected chi connectivity index (χ4v) is 3.81. The van der Waals surface area contributed by atoms with E-state index in [2.05, 4.69) is 15.3 Å². The van der Waals surface area contributed by atoms with Gasteiger partial charge < -0.3 is 9.88 Å². The van der Waals surface area contributed by atoms with E-state index < -0.39 is 27.9 Å². The first-order valence-electron chi connectivity index (χ1n) is 9.12.